The Balaban J connectivity index is 2.48. The third kappa shape index (κ3) is 6.28. The quantitative estimate of drug-likeness (QED) is 0.510. The minimum atomic E-state index is -3.90. The fourth-order valence-electron chi connectivity index (χ4n) is 1.38. The summed E-state index contributed by atoms with van der Waals surface area (Å²) < 4.78 is 38.3. The molecular formula is C12H16Cl2O5S. The van der Waals surface area contributed by atoms with Crippen LogP contribution in [0.2, 0.25) is 5.02 Å². The van der Waals surface area contributed by atoms with Crippen molar-refractivity contribution in [3.05, 3.63) is 23.2 Å². The Morgan fingerprint density at radius 1 is 1.15 bits per heavy atom. The summed E-state index contributed by atoms with van der Waals surface area (Å²) in [7, 11) is 3.03. The first-order chi connectivity index (χ1) is 9.45. The molecule has 8 heteroatoms. The van der Waals surface area contributed by atoms with Crippen molar-refractivity contribution in [3.63, 3.8) is 0 Å². The molecule has 0 N–H and O–H groups in total. The summed E-state index contributed by atoms with van der Waals surface area (Å²) in [6.07, 6.45) is 0.619. The molecule has 5 nitrogen and oxygen atoms in total. The average molecular weight is 343 g/mol. The highest BCUT2D eigenvalue weighted by Crippen LogP contribution is 2.29. The molecule has 0 aromatic heterocycles. The molecule has 0 fully saturated rings. The molecule has 0 aliphatic carbocycles. The Labute approximate surface area is 128 Å². The number of benzene rings is 1. The number of halogens is 2. The maximum Gasteiger partial charge on any atom is 0.265 e. The van der Waals surface area contributed by atoms with Crippen LogP contribution in [0.25, 0.3) is 0 Å². The molecule has 1 rings (SSSR count). The highest BCUT2D eigenvalue weighted by molar-refractivity contribution is 8.13. The van der Waals surface area contributed by atoms with E-state index in [0.29, 0.717) is 32.8 Å². The van der Waals surface area contributed by atoms with Crippen LogP contribution < -0.4 is 4.74 Å². The summed E-state index contributed by atoms with van der Waals surface area (Å²) in [4.78, 5) is -0.132. The maximum absolute atomic E-state index is 11.4. The fourth-order valence-corrected chi connectivity index (χ4v) is 2.61. The molecule has 20 heavy (non-hydrogen) atoms. The summed E-state index contributed by atoms with van der Waals surface area (Å²) in [5.74, 6) is 0.182. The monoisotopic (exact) mass is 342 g/mol. The van der Waals surface area contributed by atoms with Crippen LogP contribution in [0, 0.1) is 0 Å². The van der Waals surface area contributed by atoms with Crippen LogP contribution in [0.15, 0.2) is 23.1 Å². The van der Waals surface area contributed by atoms with E-state index in [4.69, 9.17) is 36.5 Å². The lowest BCUT2D eigenvalue weighted by molar-refractivity contribution is 0.0643. The normalized spacial score (nSPS) is 11.6. The van der Waals surface area contributed by atoms with Gasteiger partial charge in [0.1, 0.15) is 10.6 Å². The second kappa shape index (κ2) is 8.69. The van der Waals surface area contributed by atoms with Gasteiger partial charge in [0.2, 0.25) is 0 Å². The van der Waals surface area contributed by atoms with Crippen LogP contribution in [0.3, 0.4) is 0 Å². The van der Waals surface area contributed by atoms with Gasteiger partial charge in [0.05, 0.1) is 19.8 Å². The zero-order valence-corrected chi connectivity index (χ0v) is 13.3. The first-order valence-electron chi connectivity index (χ1n) is 5.89. The Morgan fingerprint density at radius 3 is 2.55 bits per heavy atom. The largest absolute Gasteiger partial charge is 0.492 e. The van der Waals surface area contributed by atoms with Crippen LogP contribution in [0.1, 0.15) is 6.42 Å². The third-order valence-corrected chi connectivity index (χ3v) is 3.87. The van der Waals surface area contributed by atoms with Crippen molar-refractivity contribution in [2.24, 2.45) is 0 Å². The van der Waals surface area contributed by atoms with Gasteiger partial charge < -0.3 is 14.2 Å². The zero-order valence-electron chi connectivity index (χ0n) is 11.0. The van der Waals surface area contributed by atoms with E-state index in [9.17, 15) is 8.42 Å². The van der Waals surface area contributed by atoms with Gasteiger partial charge in [0, 0.05) is 35.8 Å². The smallest absolute Gasteiger partial charge is 0.265 e. The number of ether oxygens (including phenoxy) is 3. The summed E-state index contributed by atoms with van der Waals surface area (Å²) in [5.41, 5.74) is 0. The van der Waals surface area contributed by atoms with Crippen molar-refractivity contribution in [3.8, 4) is 5.75 Å². The van der Waals surface area contributed by atoms with Gasteiger partial charge in [-0.1, -0.05) is 11.6 Å². The Kier molecular flexibility index (Phi) is 7.61. The van der Waals surface area contributed by atoms with Crippen molar-refractivity contribution >= 4 is 31.3 Å². The Hall–Kier alpha value is -0.530. The lowest BCUT2D eigenvalue weighted by atomic mass is 10.3. The Morgan fingerprint density at radius 2 is 1.90 bits per heavy atom. The molecule has 0 heterocycles. The standard InChI is InChI=1S/C12H16Cl2O5S/c1-17-7-8-18-5-2-6-19-11-4-3-10(13)9-12(11)20(14,15)16/h3-4,9H,2,5-8H2,1H3. The highest BCUT2D eigenvalue weighted by atomic mass is 35.7. The molecule has 114 valence electrons. The van der Waals surface area contributed by atoms with Crippen LogP contribution >= 0.6 is 22.3 Å². The lowest BCUT2D eigenvalue weighted by Gasteiger charge is -2.10. The van der Waals surface area contributed by atoms with Crippen LogP contribution in [-0.4, -0.2) is 42.0 Å². The van der Waals surface area contributed by atoms with E-state index in [0.717, 1.165) is 0 Å². The molecule has 0 saturated carbocycles. The third-order valence-electron chi connectivity index (χ3n) is 2.29. The van der Waals surface area contributed by atoms with Crippen molar-refractivity contribution in [2.75, 3.05) is 33.5 Å². The predicted octanol–water partition coefficient (Wildman–Crippen LogP) is 2.70. The molecule has 0 spiro atoms. The molecule has 1 aromatic carbocycles. The molecular weight excluding hydrogens is 327 g/mol. The number of methoxy groups -OCH3 is 1. The minimum absolute atomic E-state index is 0.132. The average Bonchev–Trinajstić information content (AvgIpc) is 2.38. The summed E-state index contributed by atoms with van der Waals surface area (Å²) in [6.45, 7) is 1.86. The van der Waals surface area contributed by atoms with Crippen molar-refractivity contribution in [1.82, 2.24) is 0 Å². The SMILES string of the molecule is COCCOCCCOc1ccc(Cl)cc1S(=O)(=O)Cl. The van der Waals surface area contributed by atoms with Crippen molar-refractivity contribution < 1.29 is 22.6 Å². The molecule has 0 amide bonds. The molecule has 0 bridgehead atoms. The van der Waals surface area contributed by atoms with Gasteiger partial charge in [0.15, 0.2) is 0 Å². The molecule has 0 aliphatic rings. The van der Waals surface area contributed by atoms with E-state index in [2.05, 4.69) is 0 Å². The van der Waals surface area contributed by atoms with E-state index in [1.807, 2.05) is 0 Å². The number of hydrogen-bond acceptors (Lipinski definition) is 5. The van der Waals surface area contributed by atoms with Crippen LogP contribution in [0.5, 0.6) is 5.75 Å². The molecule has 1 aromatic rings. The van der Waals surface area contributed by atoms with E-state index in [1.54, 1.807) is 7.11 Å². The molecule has 0 saturated heterocycles. The topological polar surface area (TPSA) is 61.8 Å². The first kappa shape index (κ1) is 17.5. The van der Waals surface area contributed by atoms with E-state index < -0.39 is 9.05 Å². The van der Waals surface area contributed by atoms with E-state index in [1.165, 1.54) is 18.2 Å². The highest BCUT2D eigenvalue weighted by Gasteiger charge is 2.17. The van der Waals surface area contributed by atoms with Crippen LogP contribution in [-0.2, 0) is 18.5 Å². The summed E-state index contributed by atoms with van der Waals surface area (Å²) >= 11 is 5.74. The van der Waals surface area contributed by atoms with Gasteiger partial charge in [-0.2, -0.15) is 0 Å². The van der Waals surface area contributed by atoms with Crippen molar-refractivity contribution in [1.29, 1.82) is 0 Å². The second-order valence-corrected chi connectivity index (χ2v) is 6.81. The van der Waals surface area contributed by atoms with Gasteiger partial charge in [-0.15, -0.1) is 0 Å². The maximum atomic E-state index is 11.4. The minimum Gasteiger partial charge on any atom is -0.492 e. The lowest BCUT2D eigenvalue weighted by Crippen LogP contribution is -2.08. The molecule has 0 radical (unpaired) electrons. The summed E-state index contributed by atoms with van der Waals surface area (Å²) in [5, 5.41) is 0.277. The predicted molar refractivity (Wildman–Crippen MR) is 77.3 cm³/mol. The zero-order chi connectivity index (χ0) is 15.0. The van der Waals surface area contributed by atoms with Gasteiger partial charge in [-0.05, 0) is 18.2 Å². The number of rotatable bonds is 9. The van der Waals surface area contributed by atoms with E-state index >= 15 is 0 Å². The first-order valence-corrected chi connectivity index (χ1v) is 8.57. The molecule has 0 aliphatic heterocycles. The molecule has 0 atom stereocenters. The number of hydrogen-bond donors (Lipinski definition) is 0. The van der Waals surface area contributed by atoms with E-state index in [-0.39, 0.29) is 15.7 Å². The van der Waals surface area contributed by atoms with Crippen molar-refractivity contribution in [2.45, 2.75) is 11.3 Å². The van der Waals surface area contributed by atoms with Gasteiger partial charge >= 0.3 is 0 Å². The molecule has 0 unspecified atom stereocenters. The fraction of sp³-hybridized carbons (Fsp3) is 0.500. The van der Waals surface area contributed by atoms with Gasteiger partial charge in [-0.25, -0.2) is 8.42 Å². The summed E-state index contributed by atoms with van der Waals surface area (Å²) in [6, 6.07) is 4.27. The Bertz CT molecular complexity index is 519. The van der Waals surface area contributed by atoms with Gasteiger partial charge in [-0.3, -0.25) is 0 Å². The second-order valence-electron chi connectivity index (χ2n) is 3.84. The van der Waals surface area contributed by atoms with Gasteiger partial charge in [0.25, 0.3) is 9.05 Å². The van der Waals surface area contributed by atoms with Crippen LogP contribution in [0.4, 0.5) is 0 Å².